The van der Waals surface area contributed by atoms with Gasteiger partial charge < -0.3 is 4.74 Å². The summed E-state index contributed by atoms with van der Waals surface area (Å²) < 4.78 is 6.40. The topological polar surface area (TPSA) is 9.23 Å². The van der Waals surface area contributed by atoms with E-state index >= 15 is 0 Å². The average Bonchev–Trinajstić information content (AvgIpc) is 2.59. The number of hydrogen-bond donors (Lipinski definition) is 0. The first-order chi connectivity index (χ1) is 13.5. The highest BCUT2D eigenvalue weighted by molar-refractivity contribution is 6.30. The third-order valence-corrected chi connectivity index (χ3v) is 5.19. The molecule has 0 aliphatic rings. The SMILES string of the molecule is CC(C)=Cc1ccc2cc(C)c(C(C)OC(C)(C)C)c(-c3ccc(Cl)cc3)c2c1. The minimum atomic E-state index is -0.220. The van der Waals surface area contributed by atoms with Gasteiger partial charge >= 0.3 is 0 Å². The van der Waals surface area contributed by atoms with E-state index in [2.05, 4.69) is 90.9 Å². The van der Waals surface area contributed by atoms with Gasteiger partial charge in [0.05, 0.1) is 11.7 Å². The van der Waals surface area contributed by atoms with Gasteiger partial charge in [-0.3, -0.25) is 0 Å². The summed E-state index contributed by atoms with van der Waals surface area (Å²) in [4.78, 5) is 0. The third kappa shape index (κ3) is 5.10. The molecule has 0 aromatic heterocycles. The van der Waals surface area contributed by atoms with Gasteiger partial charge in [0.1, 0.15) is 0 Å². The monoisotopic (exact) mass is 406 g/mol. The molecule has 0 saturated carbocycles. The van der Waals surface area contributed by atoms with Gasteiger partial charge in [-0.2, -0.15) is 0 Å². The van der Waals surface area contributed by atoms with Crippen LogP contribution >= 0.6 is 11.6 Å². The lowest BCUT2D eigenvalue weighted by Gasteiger charge is -2.29. The summed E-state index contributed by atoms with van der Waals surface area (Å²) in [5.74, 6) is 0. The van der Waals surface area contributed by atoms with E-state index in [-0.39, 0.29) is 11.7 Å². The fraction of sp³-hybridized carbons (Fsp3) is 0.333. The highest BCUT2D eigenvalue weighted by Crippen LogP contribution is 2.40. The summed E-state index contributed by atoms with van der Waals surface area (Å²) in [5.41, 5.74) is 7.16. The van der Waals surface area contributed by atoms with Crippen molar-refractivity contribution >= 4 is 28.4 Å². The molecular formula is C27H31ClO. The molecule has 3 aromatic carbocycles. The van der Waals surface area contributed by atoms with Crippen LogP contribution in [0.4, 0.5) is 0 Å². The molecule has 1 atom stereocenters. The predicted molar refractivity (Wildman–Crippen MR) is 128 cm³/mol. The van der Waals surface area contributed by atoms with Gasteiger partial charge in [-0.25, -0.2) is 0 Å². The molecule has 3 aromatic rings. The van der Waals surface area contributed by atoms with Crippen LogP contribution in [0.5, 0.6) is 0 Å². The van der Waals surface area contributed by atoms with Gasteiger partial charge in [0.25, 0.3) is 0 Å². The lowest BCUT2D eigenvalue weighted by Crippen LogP contribution is -2.22. The number of benzene rings is 3. The second-order valence-corrected chi connectivity index (χ2v) is 9.50. The molecule has 0 N–H and O–H groups in total. The molecule has 0 spiro atoms. The van der Waals surface area contributed by atoms with E-state index in [1.165, 1.54) is 38.6 Å². The minimum Gasteiger partial charge on any atom is -0.368 e. The van der Waals surface area contributed by atoms with Crippen molar-refractivity contribution < 1.29 is 4.74 Å². The van der Waals surface area contributed by atoms with Crippen LogP contribution in [-0.4, -0.2) is 5.60 Å². The number of allylic oxidation sites excluding steroid dienone is 1. The van der Waals surface area contributed by atoms with Crippen molar-refractivity contribution in [2.24, 2.45) is 0 Å². The lowest BCUT2D eigenvalue weighted by atomic mass is 9.87. The minimum absolute atomic E-state index is 0.0304. The Labute approximate surface area is 180 Å². The Morgan fingerprint density at radius 3 is 2.24 bits per heavy atom. The molecule has 3 rings (SSSR count). The van der Waals surface area contributed by atoms with Crippen LogP contribution in [0.1, 0.15) is 64.3 Å². The van der Waals surface area contributed by atoms with E-state index in [9.17, 15) is 0 Å². The molecule has 0 aliphatic carbocycles. The molecule has 1 unspecified atom stereocenters. The van der Waals surface area contributed by atoms with E-state index in [0.717, 1.165) is 10.6 Å². The van der Waals surface area contributed by atoms with Crippen LogP contribution in [0.3, 0.4) is 0 Å². The molecule has 0 radical (unpaired) electrons. The first-order valence-electron chi connectivity index (χ1n) is 10.2. The van der Waals surface area contributed by atoms with Crippen LogP contribution < -0.4 is 0 Å². The van der Waals surface area contributed by atoms with Gasteiger partial charge in [0, 0.05) is 5.02 Å². The van der Waals surface area contributed by atoms with Gasteiger partial charge in [-0.05, 0) is 105 Å². The largest absolute Gasteiger partial charge is 0.368 e. The van der Waals surface area contributed by atoms with Gasteiger partial charge in [-0.15, -0.1) is 0 Å². The van der Waals surface area contributed by atoms with Crippen molar-refractivity contribution in [1.29, 1.82) is 0 Å². The summed E-state index contributed by atoms with van der Waals surface area (Å²) >= 11 is 6.19. The van der Waals surface area contributed by atoms with Crippen molar-refractivity contribution in [3.63, 3.8) is 0 Å². The summed E-state index contributed by atoms with van der Waals surface area (Å²) in [6.45, 7) is 14.9. The number of aryl methyl sites for hydroxylation is 1. The van der Waals surface area contributed by atoms with Gasteiger partial charge in [-0.1, -0.05) is 53.6 Å². The highest BCUT2D eigenvalue weighted by Gasteiger charge is 2.23. The molecule has 1 nitrogen and oxygen atoms in total. The Bertz CT molecular complexity index is 1050. The number of rotatable bonds is 4. The first-order valence-corrected chi connectivity index (χ1v) is 10.6. The van der Waals surface area contributed by atoms with Crippen molar-refractivity contribution in [3.8, 4) is 11.1 Å². The molecule has 0 bridgehead atoms. The maximum Gasteiger partial charge on any atom is 0.0812 e. The molecular weight excluding hydrogens is 376 g/mol. The van der Waals surface area contributed by atoms with E-state index in [1.807, 2.05) is 12.1 Å². The molecule has 0 amide bonds. The Balaban J connectivity index is 2.35. The summed E-state index contributed by atoms with van der Waals surface area (Å²) in [5, 5.41) is 3.23. The van der Waals surface area contributed by atoms with Crippen LogP contribution in [0.25, 0.3) is 28.0 Å². The number of ether oxygens (including phenoxy) is 1. The zero-order valence-corrected chi connectivity index (χ0v) is 19.3. The maximum atomic E-state index is 6.40. The molecule has 0 aliphatic heterocycles. The Morgan fingerprint density at radius 2 is 1.66 bits per heavy atom. The average molecular weight is 407 g/mol. The standard InChI is InChI=1S/C27H31ClO/c1-17(2)14-20-8-9-22-15-18(3)25(19(4)29-27(5,6)7)26(24(22)16-20)21-10-12-23(28)13-11-21/h8-16,19H,1-7H3. The summed E-state index contributed by atoms with van der Waals surface area (Å²) in [6.07, 6.45) is 2.19. The number of fused-ring (bicyclic) bond motifs is 1. The molecule has 0 heterocycles. The fourth-order valence-corrected chi connectivity index (χ4v) is 4.16. The van der Waals surface area contributed by atoms with Crippen LogP contribution in [-0.2, 0) is 4.74 Å². The Kier molecular flexibility index (Phi) is 6.22. The van der Waals surface area contributed by atoms with Gasteiger partial charge in [0.2, 0.25) is 0 Å². The Hall–Kier alpha value is -2.09. The lowest BCUT2D eigenvalue weighted by molar-refractivity contribution is -0.0529. The molecule has 0 fully saturated rings. The number of halogens is 1. The summed E-state index contributed by atoms with van der Waals surface area (Å²) in [6, 6.07) is 17.1. The van der Waals surface area contributed by atoms with Crippen LogP contribution in [0.2, 0.25) is 5.02 Å². The fourth-order valence-electron chi connectivity index (χ4n) is 4.03. The summed E-state index contributed by atoms with van der Waals surface area (Å²) in [7, 11) is 0. The van der Waals surface area contributed by atoms with E-state index in [0.29, 0.717) is 0 Å². The number of hydrogen-bond acceptors (Lipinski definition) is 1. The normalized spacial score (nSPS) is 12.8. The highest BCUT2D eigenvalue weighted by atomic mass is 35.5. The first kappa shape index (κ1) is 21.6. The van der Waals surface area contributed by atoms with Crippen molar-refractivity contribution in [2.45, 2.75) is 60.2 Å². The van der Waals surface area contributed by atoms with E-state index in [4.69, 9.17) is 16.3 Å². The third-order valence-electron chi connectivity index (χ3n) is 4.94. The van der Waals surface area contributed by atoms with Gasteiger partial charge in [0.15, 0.2) is 0 Å². The zero-order valence-electron chi connectivity index (χ0n) is 18.6. The van der Waals surface area contributed by atoms with Crippen LogP contribution in [0.15, 0.2) is 54.1 Å². The van der Waals surface area contributed by atoms with Crippen molar-refractivity contribution in [1.82, 2.24) is 0 Å². The van der Waals surface area contributed by atoms with Crippen molar-refractivity contribution in [3.05, 3.63) is 75.8 Å². The molecule has 29 heavy (non-hydrogen) atoms. The predicted octanol–water partition coefficient (Wildman–Crippen LogP) is 8.77. The quantitative estimate of drug-likeness (QED) is 0.420. The molecule has 152 valence electrons. The van der Waals surface area contributed by atoms with Crippen molar-refractivity contribution in [2.75, 3.05) is 0 Å². The second-order valence-electron chi connectivity index (χ2n) is 9.06. The Morgan fingerprint density at radius 1 is 1.00 bits per heavy atom. The maximum absolute atomic E-state index is 6.40. The molecule has 0 saturated heterocycles. The smallest absolute Gasteiger partial charge is 0.0812 e. The van der Waals surface area contributed by atoms with E-state index < -0.39 is 0 Å². The molecule has 2 heteroatoms. The van der Waals surface area contributed by atoms with Crippen LogP contribution in [0, 0.1) is 6.92 Å². The second kappa shape index (κ2) is 8.34. The zero-order chi connectivity index (χ0) is 21.3. The van der Waals surface area contributed by atoms with E-state index in [1.54, 1.807) is 0 Å².